The molecule has 10 aromatic carbocycles. The largest absolute Gasteiger partial charge is 0.504 e. The zero-order valence-corrected chi connectivity index (χ0v) is 29.8. The Bertz CT molecular complexity index is 3010. The molecule has 10 rings (SSSR count). The molecule has 0 heterocycles. The average Bonchev–Trinajstić information content (AvgIpc) is 3.21. The van der Waals surface area contributed by atoms with Crippen LogP contribution >= 0.6 is 0 Å². The summed E-state index contributed by atoms with van der Waals surface area (Å²) in [6.07, 6.45) is 0. The van der Waals surface area contributed by atoms with Crippen LogP contribution in [0.15, 0.2) is 152 Å². The van der Waals surface area contributed by atoms with E-state index >= 15 is 0 Å². The molecule has 0 radical (unpaired) electrons. The highest BCUT2D eigenvalue weighted by molar-refractivity contribution is 6.26. The lowest BCUT2D eigenvalue weighted by atomic mass is 9.82. The molecule has 0 aromatic heterocycles. The van der Waals surface area contributed by atoms with Crippen LogP contribution in [-0.2, 0) is 0 Å². The molecule has 0 spiro atoms. The maximum atomic E-state index is 11.5. The number of rotatable bonds is 4. The van der Waals surface area contributed by atoms with E-state index in [1.807, 2.05) is 20.8 Å². The predicted octanol–water partition coefficient (Wildman–Crippen LogP) is 13.9. The first-order valence-electron chi connectivity index (χ1n) is 18.2. The van der Waals surface area contributed by atoms with Crippen molar-refractivity contribution in [1.29, 1.82) is 0 Å². The van der Waals surface area contributed by atoms with Gasteiger partial charge in [-0.3, -0.25) is 0 Å². The fraction of sp³-hybridized carbons (Fsp3) is 0.0588. The molecular weight excluding hydrogens is 645 g/mol. The van der Waals surface area contributed by atoms with Crippen LogP contribution < -0.4 is 0 Å². The first-order chi connectivity index (χ1) is 25.9. The molecule has 0 amide bonds. The van der Waals surface area contributed by atoms with Crippen molar-refractivity contribution in [2.45, 2.75) is 20.8 Å². The Morgan fingerprint density at radius 1 is 0.321 bits per heavy atom. The monoisotopic (exact) mass is 680 g/mol. The summed E-state index contributed by atoms with van der Waals surface area (Å²) in [7, 11) is 0. The van der Waals surface area contributed by atoms with E-state index in [-0.39, 0.29) is 11.5 Å². The van der Waals surface area contributed by atoms with Crippen LogP contribution in [0.5, 0.6) is 11.5 Å². The molecular formula is C51H36O2. The molecule has 2 nitrogen and oxygen atoms in total. The second-order valence-electron chi connectivity index (χ2n) is 14.4. The van der Waals surface area contributed by atoms with Gasteiger partial charge in [-0.2, -0.15) is 0 Å². The minimum absolute atomic E-state index is 0.0580. The van der Waals surface area contributed by atoms with Gasteiger partial charge in [0.1, 0.15) is 0 Å². The molecule has 0 aliphatic carbocycles. The Kier molecular flexibility index (Phi) is 6.87. The maximum absolute atomic E-state index is 11.5. The minimum atomic E-state index is -0.0692. The van der Waals surface area contributed by atoms with Gasteiger partial charge in [0.15, 0.2) is 11.5 Å². The van der Waals surface area contributed by atoms with Crippen LogP contribution in [0.25, 0.3) is 98.4 Å². The van der Waals surface area contributed by atoms with Gasteiger partial charge in [-0.25, -0.2) is 0 Å². The molecule has 2 N–H and O–H groups in total. The fourth-order valence-corrected chi connectivity index (χ4v) is 8.84. The Balaban J connectivity index is 1.16. The van der Waals surface area contributed by atoms with E-state index in [4.69, 9.17) is 0 Å². The number of hydrogen-bond donors (Lipinski definition) is 2. The molecule has 0 aliphatic heterocycles. The van der Waals surface area contributed by atoms with Crippen LogP contribution in [0.3, 0.4) is 0 Å². The topological polar surface area (TPSA) is 40.5 Å². The third-order valence-corrected chi connectivity index (χ3v) is 11.7. The summed E-state index contributed by atoms with van der Waals surface area (Å²) >= 11 is 0. The highest BCUT2D eigenvalue weighted by atomic mass is 16.3. The summed E-state index contributed by atoms with van der Waals surface area (Å²) in [5.41, 5.74) is 11.3. The maximum Gasteiger partial charge on any atom is 0.166 e. The first kappa shape index (κ1) is 31.1. The molecule has 0 aliphatic rings. The summed E-state index contributed by atoms with van der Waals surface area (Å²) in [4.78, 5) is 0. The smallest absolute Gasteiger partial charge is 0.166 e. The first-order valence-corrected chi connectivity index (χ1v) is 18.2. The standard InChI is InChI=1S/C51H36O2/c1-29-30(2)45(51(53)50(52)31(29)3)49-42-19-6-4-17-40(42)47(41-18-5-7-20-43(41)49)38-16-10-14-36(28-38)35-13-9-15-37(27-35)39-25-23-34-22-21-32-11-8-12-33-24-26-44(39)48(34)46(32)33/h4-28,52-53H,1-3H3. The molecule has 2 heteroatoms. The number of aromatic hydroxyl groups is 2. The van der Waals surface area contributed by atoms with Gasteiger partial charge in [-0.15, -0.1) is 0 Å². The third kappa shape index (κ3) is 4.59. The minimum Gasteiger partial charge on any atom is -0.504 e. The van der Waals surface area contributed by atoms with E-state index in [0.717, 1.165) is 60.5 Å². The number of hydrogen-bond acceptors (Lipinski definition) is 2. The number of phenols is 2. The second-order valence-corrected chi connectivity index (χ2v) is 14.4. The average molecular weight is 681 g/mol. The quantitative estimate of drug-likeness (QED) is 0.110. The normalized spacial score (nSPS) is 11.8. The number of phenolic OH excluding ortho intramolecular Hbond substituents is 2. The van der Waals surface area contributed by atoms with Crippen molar-refractivity contribution in [3.05, 3.63) is 168 Å². The Labute approximate surface area is 308 Å². The second kappa shape index (κ2) is 11.7. The lowest BCUT2D eigenvalue weighted by Crippen LogP contribution is -1.96. The van der Waals surface area contributed by atoms with Crippen LogP contribution in [0.4, 0.5) is 0 Å². The van der Waals surface area contributed by atoms with Crippen LogP contribution in [0.2, 0.25) is 0 Å². The van der Waals surface area contributed by atoms with Gasteiger partial charge >= 0.3 is 0 Å². The molecule has 0 fully saturated rings. The van der Waals surface area contributed by atoms with E-state index in [1.165, 1.54) is 43.4 Å². The van der Waals surface area contributed by atoms with Gasteiger partial charge < -0.3 is 10.2 Å². The molecule has 0 atom stereocenters. The van der Waals surface area contributed by atoms with Crippen LogP contribution in [-0.4, -0.2) is 10.2 Å². The lowest BCUT2D eigenvalue weighted by molar-refractivity contribution is 0.402. The third-order valence-electron chi connectivity index (χ3n) is 11.7. The van der Waals surface area contributed by atoms with E-state index in [2.05, 4.69) is 152 Å². The molecule has 0 saturated carbocycles. The highest BCUT2D eigenvalue weighted by Crippen LogP contribution is 2.51. The molecule has 252 valence electrons. The van der Waals surface area contributed by atoms with Crippen molar-refractivity contribution < 1.29 is 10.2 Å². The van der Waals surface area contributed by atoms with E-state index in [0.29, 0.717) is 11.1 Å². The van der Waals surface area contributed by atoms with Crippen molar-refractivity contribution in [3.8, 4) is 56.0 Å². The molecule has 0 unspecified atom stereocenters. The van der Waals surface area contributed by atoms with Gasteiger partial charge in [0.05, 0.1) is 0 Å². The zero-order chi connectivity index (χ0) is 36.0. The Hall–Kier alpha value is -6.64. The highest BCUT2D eigenvalue weighted by Gasteiger charge is 2.24. The fourth-order valence-electron chi connectivity index (χ4n) is 8.84. The molecule has 53 heavy (non-hydrogen) atoms. The van der Waals surface area contributed by atoms with Crippen molar-refractivity contribution in [2.24, 2.45) is 0 Å². The lowest BCUT2D eigenvalue weighted by Gasteiger charge is -2.22. The summed E-state index contributed by atoms with van der Waals surface area (Å²) < 4.78 is 0. The summed E-state index contributed by atoms with van der Waals surface area (Å²) in [6, 6.07) is 54.8. The SMILES string of the molecule is Cc1c(C)c(O)c(O)c(-c2c3ccccc3c(-c3cccc(-c4cccc(-c5ccc6ccc7cccc8ccc5c6c78)c4)c3)c3ccccc23)c1C. The van der Waals surface area contributed by atoms with E-state index in [9.17, 15) is 10.2 Å². The van der Waals surface area contributed by atoms with Crippen molar-refractivity contribution in [3.63, 3.8) is 0 Å². The summed E-state index contributed by atoms with van der Waals surface area (Å²) in [5, 5.41) is 34.5. The molecule has 0 saturated heterocycles. The zero-order valence-electron chi connectivity index (χ0n) is 29.8. The van der Waals surface area contributed by atoms with Crippen molar-refractivity contribution >= 4 is 53.9 Å². The number of fused-ring (bicyclic) bond motifs is 2. The van der Waals surface area contributed by atoms with Crippen molar-refractivity contribution in [2.75, 3.05) is 0 Å². The van der Waals surface area contributed by atoms with Gasteiger partial charge in [-0.05, 0) is 137 Å². The molecule has 0 bridgehead atoms. The van der Waals surface area contributed by atoms with Gasteiger partial charge in [0, 0.05) is 11.1 Å². The van der Waals surface area contributed by atoms with Gasteiger partial charge in [0.2, 0.25) is 0 Å². The Morgan fingerprint density at radius 2 is 0.811 bits per heavy atom. The van der Waals surface area contributed by atoms with Crippen LogP contribution in [0.1, 0.15) is 16.7 Å². The summed E-state index contributed by atoms with van der Waals surface area (Å²) in [5.74, 6) is -0.127. The Morgan fingerprint density at radius 3 is 1.45 bits per heavy atom. The van der Waals surface area contributed by atoms with Crippen molar-refractivity contribution in [1.82, 2.24) is 0 Å². The molecule has 10 aromatic rings. The number of benzene rings is 10. The van der Waals surface area contributed by atoms with Gasteiger partial charge in [-0.1, -0.05) is 140 Å². The van der Waals surface area contributed by atoms with E-state index in [1.54, 1.807) is 0 Å². The van der Waals surface area contributed by atoms with Gasteiger partial charge in [0.25, 0.3) is 0 Å². The summed E-state index contributed by atoms with van der Waals surface area (Å²) in [6.45, 7) is 5.90. The predicted molar refractivity (Wildman–Crippen MR) is 224 cm³/mol. The van der Waals surface area contributed by atoms with E-state index < -0.39 is 0 Å². The van der Waals surface area contributed by atoms with Crippen LogP contribution in [0, 0.1) is 20.8 Å².